The van der Waals surface area contributed by atoms with Gasteiger partial charge in [-0.2, -0.15) is 0 Å². The second-order valence-electron chi connectivity index (χ2n) is 5.23. The molecule has 6 heteroatoms. The van der Waals surface area contributed by atoms with Crippen molar-refractivity contribution in [2.45, 2.75) is 25.3 Å². The molecule has 1 aromatic heterocycles. The van der Waals surface area contributed by atoms with Gasteiger partial charge in [0.2, 0.25) is 0 Å². The molecule has 0 bridgehead atoms. The van der Waals surface area contributed by atoms with Gasteiger partial charge >= 0.3 is 0 Å². The Morgan fingerprint density at radius 3 is 3.09 bits per heavy atom. The van der Waals surface area contributed by atoms with Crippen molar-refractivity contribution in [3.63, 3.8) is 0 Å². The van der Waals surface area contributed by atoms with E-state index in [0.717, 1.165) is 19.3 Å². The standard InChI is InChI=1S/C16H19N5O/c1-22-20-9-13-15(17)18-10-19-16(13)21-14-8-4-6-11-5-2-3-7-12(11)14/h2-3,5,7,9-10,14H,4,6,8H2,1H3,(H3,17,18,19,21). The van der Waals surface area contributed by atoms with E-state index in [2.05, 4.69) is 44.7 Å². The van der Waals surface area contributed by atoms with Crippen molar-refractivity contribution in [3.8, 4) is 0 Å². The van der Waals surface area contributed by atoms with Crippen LogP contribution in [0.1, 0.15) is 35.6 Å². The van der Waals surface area contributed by atoms with Gasteiger partial charge in [-0.1, -0.05) is 29.4 Å². The molecular formula is C16H19N5O. The number of nitrogens with one attached hydrogen (secondary N) is 1. The van der Waals surface area contributed by atoms with Crippen molar-refractivity contribution in [2.24, 2.45) is 5.16 Å². The van der Waals surface area contributed by atoms with Crippen LogP contribution in [0.5, 0.6) is 0 Å². The number of oxime groups is 1. The van der Waals surface area contributed by atoms with Crippen LogP contribution in [0.4, 0.5) is 11.6 Å². The Morgan fingerprint density at radius 2 is 2.23 bits per heavy atom. The number of nitrogen functional groups attached to an aromatic ring is 1. The average Bonchev–Trinajstić information content (AvgIpc) is 2.55. The van der Waals surface area contributed by atoms with Crippen molar-refractivity contribution in [3.05, 3.63) is 47.3 Å². The summed E-state index contributed by atoms with van der Waals surface area (Å²) in [5.74, 6) is 1.05. The third kappa shape index (κ3) is 2.86. The lowest BCUT2D eigenvalue weighted by atomic mass is 9.87. The molecule has 0 spiro atoms. The number of anilines is 2. The van der Waals surface area contributed by atoms with Gasteiger partial charge < -0.3 is 15.9 Å². The first-order chi connectivity index (χ1) is 10.8. The van der Waals surface area contributed by atoms with E-state index in [1.807, 2.05) is 0 Å². The van der Waals surface area contributed by atoms with E-state index in [9.17, 15) is 0 Å². The smallest absolute Gasteiger partial charge is 0.141 e. The van der Waals surface area contributed by atoms with Gasteiger partial charge in [0.1, 0.15) is 25.1 Å². The van der Waals surface area contributed by atoms with Gasteiger partial charge in [0.15, 0.2) is 0 Å². The molecular weight excluding hydrogens is 278 g/mol. The van der Waals surface area contributed by atoms with Gasteiger partial charge in [-0.25, -0.2) is 9.97 Å². The molecule has 3 N–H and O–H groups in total. The second-order valence-corrected chi connectivity index (χ2v) is 5.23. The maximum absolute atomic E-state index is 5.92. The molecule has 0 saturated carbocycles. The third-order valence-corrected chi connectivity index (χ3v) is 3.88. The normalized spacial score (nSPS) is 17.2. The first-order valence-corrected chi connectivity index (χ1v) is 7.31. The number of aryl methyl sites for hydroxylation is 1. The van der Waals surface area contributed by atoms with Crippen LogP contribution in [0.15, 0.2) is 35.7 Å². The van der Waals surface area contributed by atoms with Gasteiger partial charge in [-0.15, -0.1) is 0 Å². The summed E-state index contributed by atoms with van der Waals surface area (Å²) in [5.41, 5.74) is 9.28. The molecule has 0 fully saturated rings. The monoisotopic (exact) mass is 297 g/mol. The summed E-state index contributed by atoms with van der Waals surface area (Å²) in [7, 11) is 1.49. The maximum atomic E-state index is 5.92. The SMILES string of the molecule is CON=Cc1c(N)ncnc1NC1CCCc2ccccc21. The molecule has 3 rings (SSSR count). The van der Waals surface area contributed by atoms with E-state index in [1.165, 1.54) is 30.8 Å². The fraction of sp³-hybridized carbons (Fsp3) is 0.312. The maximum Gasteiger partial charge on any atom is 0.141 e. The number of aromatic nitrogens is 2. The van der Waals surface area contributed by atoms with E-state index < -0.39 is 0 Å². The van der Waals surface area contributed by atoms with Crippen LogP contribution in [0.25, 0.3) is 0 Å². The predicted molar refractivity (Wildman–Crippen MR) is 86.8 cm³/mol. The van der Waals surface area contributed by atoms with Crippen molar-refractivity contribution in [1.82, 2.24) is 9.97 Å². The Balaban J connectivity index is 1.91. The Labute approximate surface area is 129 Å². The minimum atomic E-state index is 0.217. The van der Waals surface area contributed by atoms with Gasteiger partial charge in [0.05, 0.1) is 17.8 Å². The number of hydrogen-bond donors (Lipinski definition) is 2. The summed E-state index contributed by atoms with van der Waals surface area (Å²) in [6.45, 7) is 0. The first-order valence-electron chi connectivity index (χ1n) is 7.31. The van der Waals surface area contributed by atoms with E-state index in [4.69, 9.17) is 10.6 Å². The summed E-state index contributed by atoms with van der Waals surface area (Å²) in [6.07, 6.45) is 6.32. The quantitative estimate of drug-likeness (QED) is 0.669. The summed E-state index contributed by atoms with van der Waals surface area (Å²) >= 11 is 0. The zero-order chi connectivity index (χ0) is 15.4. The van der Waals surface area contributed by atoms with Crippen LogP contribution < -0.4 is 11.1 Å². The van der Waals surface area contributed by atoms with Crippen LogP contribution >= 0.6 is 0 Å². The molecule has 0 aliphatic heterocycles. The van der Waals surface area contributed by atoms with Crippen molar-refractivity contribution in [1.29, 1.82) is 0 Å². The number of nitrogens with two attached hydrogens (primary N) is 1. The molecule has 1 heterocycles. The molecule has 0 radical (unpaired) electrons. The minimum absolute atomic E-state index is 0.217. The van der Waals surface area contributed by atoms with E-state index in [1.54, 1.807) is 0 Å². The molecule has 0 amide bonds. The summed E-state index contributed by atoms with van der Waals surface area (Å²) in [5, 5.41) is 7.25. The van der Waals surface area contributed by atoms with Crippen LogP contribution in [0, 0.1) is 0 Å². The Bertz CT molecular complexity index is 686. The van der Waals surface area contributed by atoms with Crippen LogP contribution in [0.2, 0.25) is 0 Å². The molecule has 22 heavy (non-hydrogen) atoms. The number of benzene rings is 1. The molecule has 0 saturated heterocycles. The summed E-state index contributed by atoms with van der Waals surface area (Å²) in [6, 6.07) is 8.72. The fourth-order valence-electron chi connectivity index (χ4n) is 2.83. The van der Waals surface area contributed by atoms with Gasteiger partial charge in [-0.05, 0) is 30.4 Å². The van der Waals surface area contributed by atoms with Crippen molar-refractivity contribution < 1.29 is 4.84 Å². The van der Waals surface area contributed by atoms with E-state index >= 15 is 0 Å². The van der Waals surface area contributed by atoms with Crippen molar-refractivity contribution >= 4 is 17.9 Å². The summed E-state index contributed by atoms with van der Waals surface area (Å²) in [4.78, 5) is 13.1. The second kappa shape index (κ2) is 6.43. The lowest BCUT2D eigenvalue weighted by Crippen LogP contribution is -2.19. The van der Waals surface area contributed by atoms with Gasteiger partial charge in [-0.3, -0.25) is 0 Å². The number of hydrogen-bond acceptors (Lipinski definition) is 6. The third-order valence-electron chi connectivity index (χ3n) is 3.88. The Hall–Kier alpha value is -2.63. The molecule has 1 unspecified atom stereocenters. The van der Waals surface area contributed by atoms with Crippen molar-refractivity contribution in [2.75, 3.05) is 18.2 Å². The number of rotatable bonds is 4. The topological polar surface area (TPSA) is 85.4 Å². The minimum Gasteiger partial charge on any atom is -0.399 e. The summed E-state index contributed by atoms with van der Waals surface area (Å²) < 4.78 is 0. The molecule has 114 valence electrons. The van der Waals surface area contributed by atoms with Crippen LogP contribution in [-0.2, 0) is 11.3 Å². The highest BCUT2D eigenvalue weighted by Crippen LogP contribution is 2.32. The Kier molecular flexibility index (Phi) is 4.18. The largest absolute Gasteiger partial charge is 0.399 e. The molecule has 2 aromatic rings. The van der Waals surface area contributed by atoms with E-state index in [0.29, 0.717) is 17.2 Å². The molecule has 1 atom stereocenters. The number of nitrogens with zero attached hydrogens (tertiary/aromatic N) is 3. The van der Waals surface area contributed by atoms with Crippen LogP contribution in [-0.4, -0.2) is 23.3 Å². The molecule has 6 nitrogen and oxygen atoms in total. The average molecular weight is 297 g/mol. The Morgan fingerprint density at radius 1 is 1.36 bits per heavy atom. The molecule has 1 aliphatic carbocycles. The lowest BCUT2D eigenvalue weighted by Gasteiger charge is -2.27. The predicted octanol–water partition coefficient (Wildman–Crippen LogP) is 2.53. The highest BCUT2D eigenvalue weighted by atomic mass is 16.6. The molecule has 1 aromatic carbocycles. The molecule has 1 aliphatic rings. The highest BCUT2D eigenvalue weighted by Gasteiger charge is 2.21. The zero-order valence-electron chi connectivity index (χ0n) is 12.5. The van der Waals surface area contributed by atoms with E-state index in [-0.39, 0.29) is 6.04 Å². The van der Waals surface area contributed by atoms with Crippen LogP contribution in [0.3, 0.4) is 0 Å². The fourth-order valence-corrected chi connectivity index (χ4v) is 2.83. The number of fused-ring (bicyclic) bond motifs is 1. The highest BCUT2D eigenvalue weighted by molar-refractivity contribution is 5.91. The van der Waals surface area contributed by atoms with Gasteiger partial charge in [0, 0.05) is 0 Å². The first kappa shape index (κ1) is 14.3. The zero-order valence-corrected chi connectivity index (χ0v) is 12.5. The lowest BCUT2D eigenvalue weighted by molar-refractivity contribution is 0.215. The van der Waals surface area contributed by atoms with Gasteiger partial charge in [0.25, 0.3) is 0 Å².